The Morgan fingerprint density at radius 3 is 2.80 bits per heavy atom. The number of rotatable bonds is 5. The average Bonchev–Trinajstić information content (AvgIpc) is 3.11. The number of aromatic nitrogens is 4. The number of imidazole rings is 1. The number of aliphatic hydroxyl groups is 2. The maximum Gasteiger partial charge on any atom is 0.231 e. The zero-order chi connectivity index (χ0) is 18.2. The van der Waals surface area contributed by atoms with Crippen molar-refractivity contribution in [2.75, 3.05) is 18.5 Å². The highest BCUT2D eigenvalue weighted by Crippen LogP contribution is 2.34. The maximum absolute atomic E-state index is 10.3. The highest BCUT2D eigenvalue weighted by Gasteiger charge is 2.52. The first-order chi connectivity index (χ1) is 11.9. The summed E-state index contributed by atoms with van der Waals surface area (Å²) in [5, 5.41) is 20.3. The Morgan fingerprint density at radius 1 is 1.40 bits per heavy atom. The second-order valence-corrected chi connectivity index (χ2v) is 6.07. The fraction of sp³-hybridized carbons (Fsp3) is 0.533. The number of anilines is 1. The molecule has 0 aliphatic carbocycles. The van der Waals surface area contributed by atoms with Gasteiger partial charge < -0.3 is 25.6 Å². The molecule has 10 nitrogen and oxygen atoms in total. The van der Waals surface area contributed by atoms with Crippen LogP contribution in [0.15, 0.2) is 24.9 Å². The number of hydrogen-bond acceptors (Lipinski definition) is 9. The van der Waals surface area contributed by atoms with Gasteiger partial charge in [0.1, 0.15) is 24.9 Å². The third kappa shape index (κ3) is 2.87. The van der Waals surface area contributed by atoms with Crippen molar-refractivity contribution < 1.29 is 14.9 Å². The zero-order valence-electron chi connectivity index (χ0n) is 14.1. The van der Waals surface area contributed by atoms with Crippen molar-refractivity contribution in [1.82, 2.24) is 19.5 Å². The van der Waals surface area contributed by atoms with Crippen molar-refractivity contribution in [2.45, 2.75) is 37.5 Å². The second-order valence-electron chi connectivity index (χ2n) is 6.07. The van der Waals surface area contributed by atoms with Crippen LogP contribution in [0.1, 0.15) is 13.3 Å². The van der Waals surface area contributed by atoms with E-state index in [4.69, 9.17) is 16.2 Å². The average molecular weight is 349 g/mol. The lowest BCUT2D eigenvalue weighted by atomic mass is 10.1. The van der Waals surface area contributed by atoms with Crippen LogP contribution in [-0.2, 0) is 10.6 Å². The highest BCUT2D eigenvalue weighted by atomic mass is 16.6. The van der Waals surface area contributed by atoms with Gasteiger partial charge in [0.05, 0.1) is 6.10 Å². The molecule has 6 N–H and O–H groups in total. The first-order valence-electron chi connectivity index (χ1n) is 8.01. The summed E-state index contributed by atoms with van der Waals surface area (Å²) in [6.45, 7) is 2.20. The van der Waals surface area contributed by atoms with Crippen molar-refractivity contribution in [3.05, 3.63) is 24.9 Å². The molecule has 0 bridgehead atoms. The van der Waals surface area contributed by atoms with E-state index in [0.29, 0.717) is 23.5 Å². The summed E-state index contributed by atoms with van der Waals surface area (Å²) < 4.78 is 7.02. The van der Waals surface area contributed by atoms with Gasteiger partial charge in [0.15, 0.2) is 17.0 Å². The molecule has 0 radical (unpaired) electrons. The van der Waals surface area contributed by atoms with Crippen molar-refractivity contribution >= 4 is 17.0 Å². The van der Waals surface area contributed by atoms with E-state index in [9.17, 15) is 10.2 Å². The highest BCUT2D eigenvalue weighted by molar-refractivity contribution is 5.83. The molecule has 0 aromatic carbocycles. The van der Waals surface area contributed by atoms with Crippen molar-refractivity contribution in [2.24, 2.45) is 11.5 Å². The van der Waals surface area contributed by atoms with E-state index < -0.39 is 24.2 Å². The molecule has 1 aliphatic heterocycles. The summed E-state index contributed by atoms with van der Waals surface area (Å²) in [6, 6.07) is 0. The Bertz CT molecular complexity index is 780. The summed E-state index contributed by atoms with van der Waals surface area (Å²) in [7, 11) is 1.83. The molecular weight excluding hydrogens is 326 g/mol. The minimum atomic E-state index is -1.66. The van der Waals surface area contributed by atoms with E-state index in [-0.39, 0.29) is 0 Å². The standard InChI is InChI=1S/C15H23N7O3/c1-9-11(23)12(24)15(17,25-9)22-8-20-10-13(18-7-19-14(10)22)21(2)6-4-3-5-16/h4,6-9,11-12,23-24H,3,5,16-17H2,1-2H3/t9-,11-,12-,15+/m1/s1. The number of nitrogens with zero attached hydrogens (tertiary/aromatic N) is 5. The molecule has 1 fully saturated rings. The fourth-order valence-electron chi connectivity index (χ4n) is 2.87. The fourth-order valence-corrected chi connectivity index (χ4v) is 2.87. The van der Waals surface area contributed by atoms with Gasteiger partial charge in [0.25, 0.3) is 0 Å². The van der Waals surface area contributed by atoms with E-state index in [2.05, 4.69) is 15.0 Å². The van der Waals surface area contributed by atoms with E-state index in [1.54, 1.807) is 11.8 Å². The first-order valence-corrected chi connectivity index (χ1v) is 8.01. The minimum absolute atomic E-state index is 0.395. The summed E-state index contributed by atoms with van der Waals surface area (Å²) in [4.78, 5) is 14.6. The molecule has 0 saturated carbocycles. The minimum Gasteiger partial charge on any atom is -0.387 e. The molecule has 0 amide bonds. The Balaban J connectivity index is 2.02. The molecule has 0 unspecified atom stereocenters. The van der Waals surface area contributed by atoms with Crippen LogP contribution in [0, 0.1) is 0 Å². The predicted molar refractivity (Wildman–Crippen MR) is 91.3 cm³/mol. The van der Waals surface area contributed by atoms with E-state index in [1.165, 1.54) is 17.2 Å². The third-order valence-corrected chi connectivity index (χ3v) is 4.29. The molecule has 10 heteroatoms. The Labute approximate surface area is 144 Å². The molecule has 25 heavy (non-hydrogen) atoms. The number of hydrogen-bond donors (Lipinski definition) is 4. The van der Waals surface area contributed by atoms with Gasteiger partial charge in [-0.25, -0.2) is 15.0 Å². The van der Waals surface area contributed by atoms with Gasteiger partial charge in [-0.3, -0.25) is 10.3 Å². The summed E-state index contributed by atoms with van der Waals surface area (Å²) in [5.74, 6) is -1.09. The molecular formula is C15H23N7O3. The molecule has 2 aromatic rings. The monoisotopic (exact) mass is 349 g/mol. The van der Waals surface area contributed by atoms with E-state index in [0.717, 1.165) is 6.42 Å². The third-order valence-electron chi connectivity index (χ3n) is 4.29. The Morgan fingerprint density at radius 2 is 2.16 bits per heavy atom. The molecule has 1 aliphatic rings. The lowest BCUT2D eigenvalue weighted by Gasteiger charge is -2.28. The maximum atomic E-state index is 10.3. The Hall–Kier alpha value is -2.11. The summed E-state index contributed by atoms with van der Waals surface area (Å²) in [5.41, 5.74) is 12.6. The number of aliphatic hydroxyl groups excluding tert-OH is 2. The molecule has 0 spiro atoms. The summed E-state index contributed by atoms with van der Waals surface area (Å²) in [6.07, 6.45) is 4.28. The largest absolute Gasteiger partial charge is 0.387 e. The number of ether oxygens (including phenoxy) is 1. The summed E-state index contributed by atoms with van der Waals surface area (Å²) >= 11 is 0. The topological polar surface area (TPSA) is 149 Å². The smallest absolute Gasteiger partial charge is 0.231 e. The van der Waals surface area contributed by atoms with Crippen LogP contribution < -0.4 is 16.4 Å². The lowest BCUT2D eigenvalue weighted by molar-refractivity contribution is -0.131. The van der Waals surface area contributed by atoms with Gasteiger partial charge in [-0.2, -0.15) is 0 Å². The molecule has 1 saturated heterocycles. The Kier molecular flexibility index (Phi) is 4.71. The van der Waals surface area contributed by atoms with Crippen LogP contribution in [0.3, 0.4) is 0 Å². The first kappa shape index (κ1) is 17.7. The van der Waals surface area contributed by atoms with Crippen LogP contribution in [0.5, 0.6) is 0 Å². The quantitative estimate of drug-likeness (QED) is 0.524. The SMILES string of the molecule is C[C@H]1O[C@@](N)(n2cnc3c(N(C)C=CCCN)ncnc32)[C@H](O)[C@@H]1O. The van der Waals surface area contributed by atoms with E-state index in [1.807, 2.05) is 19.3 Å². The molecule has 4 atom stereocenters. The van der Waals surface area contributed by atoms with Gasteiger partial charge in [-0.05, 0) is 19.9 Å². The number of fused-ring (bicyclic) bond motifs is 1. The van der Waals surface area contributed by atoms with Crippen LogP contribution in [-0.4, -0.2) is 61.6 Å². The normalized spacial score (nSPS) is 29.8. The molecule has 3 heterocycles. The van der Waals surface area contributed by atoms with Crippen LogP contribution in [0.4, 0.5) is 5.82 Å². The van der Waals surface area contributed by atoms with E-state index >= 15 is 0 Å². The molecule has 3 rings (SSSR count). The van der Waals surface area contributed by atoms with Gasteiger partial charge in [-0.1, -0.05) is 6.08 Å². The van der Waals surface area contributed by atoms with Crippen LogP contribution in [0.2, 0.25) is 0 Å². The lowest BCUT2D eigenvalue weighted by Crippen LogP contribution is -2.52. The zero-order valence-corrected chi connectivity index (χ0v) is 14.1. The van der Waals surface area contributed by atoms with Gasteiger partial charge in [-0.15, -0.1) is 0 Å². The van der Waals surface area contributed by atoms with Gasteiger partial charge in [0.2, 0.25) is 5.85 Å². The molecule has 2 aromatic heterocycles. The van der Waals surface area contributed by atoms with Gasteiger partial charge in [0, 0.05) is 13.2 Å². The second kappa shape index (κ2) is 6.65. The van der Waals surface area contributed by atoms with Crippen LogP contribution >= 0.6 is 0 Å². The number of nitrogens with two attached hydrogens (primary N) is 2. The van der Waals surface area contributed by atoms with Crippen molar-refractivity contribution in [3.63, 3.8) is 0 Å². The van der Waals surface area contributed by atoms with Crippen LogP contribution in [0.25, 0.3) is 11.2 Å². The van der Waals surface area contributed by atoms with Crippen molar-refractivity contribution in [1.29, 1.82) is 0 Å². The molecule has 136 valence electrons. The predicted octanol–water partition coefficient (Wildman–Crippen LogP) is -1.17. The van der Waals surface area contributed by atoms with Gasteiger partial charge >= 0.3 is 0 Å². The van der Waals surface area contributed by atoms with Crippen molar-refractivity contribution in [3.8, 4) is 0 Å².